The maximum atomic E-state index is 6.09. The van der Waals surface area contributed by atoms with E-state index in [4.69, 9.17) is 15.9 Å². The molecule has 118 valence electrons. The van der Waals surface area contributed by atoms with Crippen LogP contribution in [0.15, 0.2) is 71.4 Å². The van der Waals surface area contributed by atoms with E-state index in [1.54, 1.807) is 12.4 Å². The Morgan fingerprint density at radius 3 is 2.50 bits per heavy atom. The van der Waals surface area contributed by atoms with Gasteiger partial charge in [0, 0.05) is 11.8 Å². The first-order chi connectivity index (χ1) is 11.7. The van der Waals surface area contributed by atoms with Gasteiger partial charge >= 0.3 is 0 Å². The van der Waals surface area contributed by atoms with Gasteiger partial charge in [0.1, 0.15) is 5.69 Å². The highest BCUT2D eigenvalue weighted by atomic mass is 16.3. The number of fused-ring (bicyclic) bond motifs is 1. The molecular weight excluding hydrogens is 298 g/mol. The van der Waals surface area contributed by atoms with Gasteiger partial charge in [-0.25, -0.2) is 0 Å². The molecule has 0 unspecified atom stereocenters. The topological polar surface area (TPSA) is 78.1 Å². The lowest BCUT2D eigenvalue weighted by atomic mass is 9.98. The molecule has 4 heteroatoms. The minimum Gasteiger partial charge on any atom is -0.437 e. The van der Waals surface area contributed by atoms with Gasteiger partial charge in [-0.1, -0.05) is 54.6 Å². The van der Waals surface area contributed by atoms with E-state index in [-0.39, 0.29) is 5.88 Å². The Morgan fingerprint density at radius 2 is 1.67 bits per heavy atom. The fourth-order valence-electron chi connectivity index (χ4n) is 2.99. The predicted molar refractivity (Wildman–Crippen MR) is 97.5 cm³/mol. The van der Waals surface area contributed by atoms with Crippen LogP contribution in [0.3, 0.4) is 0 Å². The average molecular weight is 315 g/mol. The number of anilines is 2. The van der Waals surface area contributed by atoms with Crippen molar-refractivity contribution in [1.29, 1.82) is 0 Å². The van der Waals surface area contributed by atoms with E-state index in [0.29, 0.717) is 11.3 Å². The highest BCUT2D eigenvalue weighted by molar-refractivity contribution is 6.04. The molecule has 2 heterocycles. The number of hydrogen-bond acceptors (Lipinski definition) is 4. The molecule has 0 aliphatic rings. The van der Waals surface area contributed by atoms with Crippen LogP contribution in [0.2, 0.25) is 0 Å². The van der Waals surface area contributed by atoms with Gasteiger partial charge in [-0.3, -0.25) is 4.98 Å². The molecule has 0 saturated carbocycles. The smallest absolute Gasteiger partial charge is 0.214 e. The molecule has 4 aromatic rings. The summed E-state index contributed by atoms with van der Waals surface area (Å²) in [6.45, 7) is 0. The van der Waals surface area contributed by atoms with Gasteiger partial charge in [0.15, 0.2) is 5.58 Å². The second-order valence-corrected chi connectivity index (χ2v) is 5.80. The Kier molecular flexibility index (Phi) is 3.43. The number of nitrogen functional groups attached to an aromatic ring is 2. The van der Waals surface area contributed by atoms with Crippen LogP contribution >= 0.6 is 0 Å². The molecule has 0 saturated heterocycles. The van der Waals surface area contributed by atoms with Crippen molar-refractivity contribution in [1.82, 2.24) is 4.98 Å². The summed E-state index contributed by atoms with van der Waals surface area (Å²) in [4.78, 5) is 4.25. The van der Waals surface area contributed by atoms with E-state index in [1.807, 2.05) is 18.2 Å². The quantitative estimate of drug-likeness (QED) is 0.592. The van der Waals surface area contributed by atoms with Crippen LogP contribution in [0.25, 0.3) is 22.1 Å². The summed E-state index contributed by atoms with van der Waals surface area (Å²) in [6, 6.07) is 18.8. The first kappa shape index (κ1) is 14.3. The fourth-order valence-corrected chi connectivity index (χ4v) is 2.99. The molecular formula is C20H17N3O. The second kappa shape index (κ2) is 5.74. The molecule has 4 rings (SSSR count). The number of aromatic nitrogens is 1. The largest absolute Gasteiger partial charge is 0.437 e. The molecule has 0 bridgehead atoms. The molecule has 4 N–H and O–H groups in total. The van der Waals surface area contributed by atoms with E-state index in [1.165, 1.54) is 11.1 Å². The highest BCUT2D eigenvalue weighted by Gasteiger charge is 2.14. The third-order valence-corrected chi connectivity index (χ3v) is 4.15. The van der Waals surface area contributed by atoms with Crippen LogP contribution in [0.5, 0.6) is 0 Å². The monoisotopic (exact) mass is 315 g/mol. The zero-order valence-electron chi connectivity index (χ0n) is 13.1. The molecule has 0 aliphatic heterocycles. The SMILES string of the molecule is Nc1oc2cncc(-c3cccc(Cc4ccccc4)c3)c2c1N. The Labute approximate surface area is 139 Å². The normalized spacial score (nSPS) is 11.0. The summed E-state index contributed by atoms with van der Waals surface area (Å²) >= 11 is 0. The van der Waals surface area contributed by atoms with Gasteiger partial charge in [0.05, 0.1) is 11.6 Å². The number of nitrogens with zero attached hydrogens (tertiary/aromatic N) is 1. The Hall–Kier alpha value is -3.27. The lowest BCUT2D eigenvalue weighted by molar-refractivity contribution is 0.637. The standard InChI is InChI=1S/C20H17N3O/c21-19-18-16(11-23-12-17(18)24-20(19)22)15-8-4-7-14(10-15)9-13-5-2-1-3-6-13/h1-8,10-12H,9,21-22H2. The third kappa shape index (κ3) is 2.48. The van der Waals surface area contributed by atoms with Crippen LogP contribution in [0.4, 0.5) is 11.6 Å². The fraction of sp³-hybridized carbons (Fsp3) is 0.0500. The lowest BCUT2D eigenvalue weighted by Crippen LogP contribution is -1.92. The van der Waals surface area contributed by atoms with Crippen molar-refractivity contribution in [2.75, 3.05) is 11.5 Å². The van der Waals surface area contributed by atoms with Crippen LogP contribution in [0.1, 0.15) is 11.1 Å². The van der Waals surface area contributed by atoms with Gasteiger partial charge in [0.25, 0.3) is 0 Å². The Morgan fingerprint density at radius 1 is 0.875 bits per heavy atom. The van der Waals surface area contributed by atoms with Gasteiger partial charge in [-0.15, -0.1) is 0 Å². The van der Waals surface area contributed by atoms with Crippen LogP contribution in [-0.4, -0.2) is 4.98 Å². The van der Waals surface area contributed by atoms with Gasteiger partial charge in [0.2, 0.25) is 5.88 Å². The van der Waals surface area contributed by atoms with Crippen LogP contribution in [0, 0.1) is 0 Å². The number of pyridine rings is 1. The predicted octanol–water partition coefficient (Wildman–Crippen LogP) is 4.25. The van der Waals surface area contributed by atoms with E-state index in [2.05, 4.69) is 41.4 Å². The minimum atomic E-state index is 0.236. The Bertz CT molecular complexity index is 1010. The number of benzene rings is 2. The van der Waals surface area contributed by atoms with Crippen molar-refractivity contribution < 1.29 is 4.42 Å². The number of hydrogen-bond donors (Lipinski definition) is 2. The molecule has 0 atom stereocenters. The zero-order chi connectivity index (χ0) is 16.5. The number of nitrogens with two attached hydrogens (primary N) is 2. The number of rotatable bonds is 3. The minimum absolute atomic E-state index is 0.236. The molecule has 0 amide bonds. The third-order valence-electron chi connectivity index (χ3n) is 4.15. The first-order valence-electron chi connectivity index (χ1n) is 7.77. The van der Waals surface area contributed by atoms with Crippen molar-refractivity contribution >= 4 is 22.5 Å². The molecule has 2 aromatic carbocycles. The Balaban J connectivity index is 1.79. The van der Waals surface area contributed by atoms with Crippen LogP contribution < -0.4 is 11.5 Å². The average Bonchev–Trinajstić information content (AvgIpc) is 2.91. The molecule has 0 spiro atoms. The van der Waals surface area contributed by atoms with Crippen molar-refractivity contribution in [2.24, 2.45) is 0 Å². The second-order valence-electron chi connectivity index (χ2n) is 5.80. The van der Waals surface area contributed by atoms with E-state index < -0.39 is 0 Å². The maximum Gasteiger partial charge on any atom is 0.214 e. The molecule has 0 radical (unpaired) electrons. The molecule has 24 heavy (non-hydrogen) atoms. The van der Waals surface area contributed by atoms with Gasteiger partial charge < -0.3 is 15.9 Å². The summed E-state index contributed by atoms with van der Waals surface area (Å²) in [5.74, 6) is 0.236. The van der Waals surface area contributed by atoms with Crippen molar-refractivity contribution in [3.8, 4) is 11.1 Å². The lowest BCUT2D eigenvalue weighted by Gasteiger charge is -2.07. The van der Waals surface area contributed by atoms with Gasteiger partial charge in [-0.2, -0.15) is 0 Å². The van der Waals surface area contributed by atoms with E-state index in [9.17, 15) is 0 Å². The van der Waals surface area contributed by atoms with Crippen molar-refractivity contribution in [2.45, 2.75) is 6.42 Å². The summed E-state index contributed by atoms with van der Waals surface area (Å²) in [5.41, 5.74) is 17.5. The summed E-state index contributed by atoms with van der Waals surface area (Å²) in [5, 5.41) is 0.819. The van der Waals surface area contributed by atoms with Crippen molar-refractivity contribution in [3.05, 3.63) is 78.1 Å². The number of furan rings is 1. The zero-order valence-corrected chi connectivity index (χ0v) is 13.1. The van der Waals surface area contributed by atoms with Gasteiger partial charge in [-0.05, 0) is 23.1 Å². The first-order valence-corrected chi connectivity index (χ1v) is 7.77. The summed E-state index contributed by atoms with van der Waals surface area (Å²) in [6.07, 6.45) is 4.32. The van der Waals surface area contributed by atoms with Crippen LogP contribution in [-0.2, 0) is 6.42 Å². The van der Waals surface area contributed by atoms with E-state index in [0.717, 1.165) is 22.9 Å². The molecule has 2 aromatic heterocycles. The molecule has 0 fully saturated rings. The van der Waals surface area contributed by atoms with Crippen molar-refractivity contribution in [3.63, 3.8) is 0 Å². The summed E-state index contributed by atoms with van der Waals surface area (Å²) in [7, 11) is 0. The van der Waals surface area contributed by atoms with E-state index >= 15 is 0 Å². The maximum absolute atomic E-state index is 6.09. The molecule has 4 nitrogen and oxygen atoms in total. The summed E-state index contributed by atoms with van der Waals surface area (Å²) < 4.78 is 5.48. The highest BCUT2D eigenvalue weighted by Crippen LogP contribution is 2.37. The molecule has 0 aliphatic carbocycles.